The first-order valence-corrected chi connectivity index (χ1v) is 6.52. The summed E-state index contributed by atoms with van der Waals surface area (Å²) in [6.45, 7) is 3.37. The van der Waals surface area contributed by atoms with E-state index in [-0.39, 0.29) is 0 Å². The van der Waals surface area contributed by atoms with Crippen molar-refractivity contribution in [3.8, 4) is 11.8 Å². The molecule has 19 heavy (non-hydrogen) atoms. The Morgan fingerprint density at radius 3 is 2.79 bits per heavy atom. The third-order valence-electron chi connectivity index (χ3n) is 3.13. The highest BCUT2D eigenvalue weighted by atomic mass is 16.3. The lowest BCUT2D eigenvalue weighted by Gasteiger charge is -2.06. The fraction of sp³-hybridized carbons (Fsp3) is 0.294. The minimum atomic E-state index is -0.984. The first-order valence-electron chi connectivity index (χ1n) is 6.52. The van der Waals surface area contributed by atoms with Crippen LogP contribution in [0.25, 0.3) is 23.1 Å². The molecule has 0 radical (unpaired) electrons. The summed E-state index contributed by atoms with van der Waals surface area (Å²) in [5, 5.41) is 11.9. The van der Waals surface area contributed by atoms with Gasteiger partial charge in [-0.15, -0.1) is 0 Å². The summed E-state index contributed by atoms with van der Waals surface area (Å²) in [6.07, 6.45) is 6.39. The lowest BCUT2D eigenvalue weighted by molar-refractivity contribution is 0.143. The Morgan fingerprint density at radius 1 is 1.21 bits per heavy atom. The van der Waals surface area contributed by atoms with Crippen LogP contribution in [0.3, 0.4) is 0 Å². The summed E-state index contributed by atoms with van der Waals surface area (Å²) in [4.78, 5) is 0. The summed E-state index contributed by atoms with van der Waals surface area (Å²) in [5.74, 6) is 5.94. The minimum Gasteiger partial charge on any atom is -0.456 e. The molecule has 0 spiro atoms. The van der Waals surface area contributed by atoms with Crippen LogP contribution in [-0.2, 0) is 0 Å². The summed E-state index contributed by atoms with van der Waals surface area (Å²) in [7, 11) is 0. The Balaban J connectivity index is 2.32. The third-order valence-corrected chi connectivity index (χ3v) is 3.13. The van der Waals surface area contributed by atoms with Crippen LogP contribution in [0.1, 0.15) is 32.3 Å². The molecular weight excluding hydrogens is 236 g/mol. The lowest BCUT2D eigenvalue weighted by atomic mass is 10.0. The molecule has 2 nitrogen and oxygen atoms in total. The van der Waals surface area contributed by atoms with Gasteiger partial charge in [-0.05, 0) is 44.9 Å². The van der Waals surface area contributed by atoms with Crippen molar-refractivity contribution in [1.82, 2.24) is 0 Å². The van der Waals surface area contributed by atoms with Crippen LogP contribution >= 0.6 is 0 Å². The Hall–Kier alpha value is -1.98. The van der Waals surface area contributed by atoms with Gasteiger partial charge in [0.25, 0.3) is 0 Å². The highest BCUT2D eigenvalue weighted by molar-refractivity contribution is 5.85. The van der Waals surface area contributed by atoms with Gasteiger partial charge >= 0.3 is 0 Å². The second-order valence-corrected chi connectivity index (χ2v) is 5.35. The van der Waals surface area contributed by atoms with Crippen molar-refractivity contribution >= 4 is 23.1 Å². The first kappa shape index (κ1) is 12.1. The predicted molar refractivity (Wildman–Crippen MR) is 76.8 cm³/mol. The van der Waals surface area contributed by atoms with E-state index in [0.717, 1.165) is 40.0 Å². The quantitative estimate of drug-likeness (QED) is 0.727. The van der Waals surface area contributed by atoms with Crippen molar-refractivity contribution < 1.29 is 9.52 Å². The molecule has 96 valence electrons. The average Bonchev–Trinajstić information content (AvgIpc) is 2.74. The molecule has 0 saturated heterocycles. The zero-order valence-corrected chi connectivity index (χ0v) is 11.2. The molecule has 0 bridgehead atoms. The van der Waals surface area contributed by atoms with E-state index in [1.807, 2.05) is 18.2 Å². The number of rotatable bonds is 0. The van der Waals surface area contributed by atoms with E-state index < -0.39 is 5.60 Å². The minimum absolute atomic E-state index is 0.863. The average molecular weight is 252 g/mol. The van der Waals surface area contributed by atoms with E-state index >= 15 is 0 Å². The molecule has 0 fully saturated rings. The second kappa shape index (κ2) is 4.29. The maximum absolute atomic E-state index is 9.73. The summed E-state index contributed by atoms with van der Waals surface area (Å²) >= 11 is 0. The summed E-state index contributed by atoms with van der Waals surface area (Å²) in [5.41, 5.74) is 1.74. The Labute approximate surface area is 112 Å². The molecule has 1 aromatic heterocycles. The number of hydrogen-bond donors (Lipinski definition) is 1. The normalized spacial score (nSPS) is 14.1. The molecule has 1 aromatic carbocycles. The molecule has 3 rings (SSSR count). The maximum atomic E-state index is 9.73. The van der Waals surface area contributed by atoms with Crippen LogP contribution in [0.4, 0.5) is 0 Å². The SMILES string of the molecule is CC(C)(O)C#Cc1cccc2oc3c(c12)=CCCC=3. The molecule has 0 amide bonds. The number of aliphatic hydroxyl groups is 1. The Bertz CT molecular complexity index is 805. The topological polar surface area (TPSA) is 33.4 Å². The smallest absolute Gasteiger partial charge is 0.136 e. The van der Waals surface area contributed by atoms with Gasteiger partial charge in [-0.3, -0.25) is 0 Å². The molecule has 2 aromatic rings. The van der Waals surface area contributed by atoms with Crippen molar-refractivity contribution in [2.24, 2.45) is 0 Å². The Morgan fingerprint density at radius 2 is 2.00 bits per heavy atom. The van der Waals surface area contributed by atoms with Crippen molar-refractivity contribution in [2.45, 2.75) is 32.3 Å². The number of furan rings is 1. The van der Waals surface area contributed by atoms with E-state index in [1.54, 1.807) is 13.8 Å². The van der Waals surface area contributed by atoms with Crippen LogP contribution in [0, 0.1) is 11.8 Å². The molecule has 0 atom stereocenters. The largest absolute Gasteiger partial charge is 0.456 e. The van der Waals surface area contributed by atoms with Crippen molar-refractivity contribution in [1.29, 1.82) is 0 Å². The van der Waals surface area contributed by atoms with Gasteiger partial charge in [-0.25, -0.2) is 0 Å². The van der Waals surface area contributed by atoms with Gasteiger partial charge in [0.15, 0.2) is 0 Å². The predicted octanol–water partition coefficient (Wildman–Crippen LogP) is 1.91. The molecule has 1 aliphatic rings. The van der Waals surface area contributed by atoms with Gasteiger partial charge in [-0.2, -0.15) is 0 Å². The molecule has 2 heteroatoms. The third kappa shape index (κ3) is 2.30. The number of hydrogen-bond acceptors (Lipinski definition) is 2. The van der Waals surface area contributed by atoms with Gasteiger partial charge in [0, 0.05) is 16.2 Å². The van der Waals surface area contributed by atoms with Gasteiger partial charge in [0.1, 0.15) is 16.6 Å². The van der Waals surface area contributed by atoms with E-state index in [1.165, 1.54) is 0 Å². The van der Waals surface area contributed by atoms with Gasteiger partial charge in [0.05, 0.1) is 0 Å². The van der Waals surface area contributed by atoms with Gasteiger partial charge in [-0.1, -0.05) is 24.0 Å². The fourth-order valence-electron chi connectivity index (χ4n) is 2.31. The highest BCUT2D eigenvalue weighted by Crippen LogP contribution is 2.15. The van der Waals surface area contributed by atoms with E-state index in [0.29, 0.717) is 0 Å². The molecule has 1 heterocycles. The molecular formula is C17H16O2. The zero-order chi connectivity index (χ0) is 13.5. The summed E-state index contributed by atoms with van der Waals surface area (Å²) in [6, 6.07) is 5.87. The van der Waals surface area contributed by atoms with Crippen molar-refractivity contribution in [3.63, 3.8) is 0 Å². The van der Waals surface area contributed by atoms with Crippen molar-refractivity contribution in [2.75, 3.05) is 0 Å². The Kier molecular flexibility index (Phi) is 2.73. The standard InChI is InChI=1S/C17H16O2/c1-17(2,18)11-10-12-6-5-9-15-16(12)13-7-3-4-8-14(13)19-15/h5-9,18H,3-4H2,1-2H3. The van der Waals surface area contributed by atoms with Crippen molar-refractivity contribution in [3.05, 3.63) is 34.4 Å². The van der Waals surface area contributed by atoms with E-state index in [9.17, 15) is 5.11 Å². The summed E-state index contributed by atoms with van der Waals surface area (Å²) < 4.78 is 5.85. The number of fused-ring (bicyclic) bond motifs is 3. The molecule has 0 aliphatic heterocycles. The highest BCUT2D eigenvalue weighted by Gasteiger charge is 2.10. The zero-order valence-electron chi connectivity index (χ0n) is 11.2. The molecule has 1 aliphatic carbocycles. The van der Waals surface area contributed by atoms with Crippen LogP contribution in [0.5, 0.6) is 0 Å². The fourth-order valence-corrected chi connectivity index (χ4v) is 2.31. The van der Waals surface area contributed by atoms with Gasteiger partial charge < -0.3 is 9.52 Å². The van der Waals surface area contributed by atoms with Crippen LogP contribution in [0.2, 0.25) is 0 Å². The monoisotopic (exact) mass is 252 g/mol. The lowest BCUT2D eigenvalue weighted by Crippen LogP contribution is -2.22. The maximum Gasteiger partial charge on any atom is 0.136 e. The van der Waals surface area contributed by atoms with E-state index in [4.69, 9.17) is 4.42 Å². The second-order valence-electron chi connectivity index (χ2n) is 5.35. The van der Waals surface area contributed by atoms with Crippen LogP contribution in [0.15, 0.2) is 22.6 Å². The first-order chi connectivity index (χ1) is 9.04. The van der Waals surface area contributed by atoms with Crippen LogP contribution in [-0.4, -0.2) is 10.7 Å². The molecule has 0 unspecified atom stereocenters. The van der Waals surface area contributed by atoms with Gasteiger partial charge in [0.2, 0.25) is 0 Å². The van der Waals surface area contributed by atoms with Crippen LogP contribution < -0.4 is 10.6 Å². The molecule has 1 N–H and O–H groups in total. The molecule has 0 saturated carbocycles. The number of benzene rings is 1. The van der Waals surface area contributed by atoms with E-state index in [2.05, 4.69) is 24.0 Å².